The molecule has 1 aliphatic carbocycles. The third-order valence-corrected chi connectivity index (χ3v) is 3.97. The first kappa shape index (κ1) is 10.3. The number of rotatable bonds is 1. The Kier molecular flexibility index (Phi) is 2.48. The molecule has 2 heterocycles. The van der Waals surface area contributed by atoms with Gasteiger partial charge in [-0.15, -0.1) is 0 Å². The predicted molar refractivity (Wildman–Crippen MR) is 61.5 cm³/mol. The number of aliphatic hydroxyl groups is 1. The van der Waals surface area contributed by atoms with Gasteiger partial charge in [0.1, 0.15) is 17.3 Å². The quantitative estimate of drug-likeness (QED) is 0.752. The Morgan fingerprint density at radius 2 is 2.19 bits per heavy atom. The summed E-state index contributed by atoms with van der Waals surface area (Å²) in [6.07, 6.45) is 3.43. The summed E-state index contributed by atoms with van der Waals surface area (Å²) in [7, 11) is 0. The number of hydrogen-bond acceptors (Lipinski definition) is 4. The van der Waals surface area contributed by atoms with Gasteiger partial charge in [0.05, 0.1) is 6.10 Å². The summed E-state index contributed by atoms with van der Waals surface area (Å²) in [6, 6.07) is 1.79. The molecule has 4 nitrogen and oxygen atoms in total. The zero-order chi connectivity index (χ0) is 11.1. The summed E-state index contributed by atoms with van der Waals surface area (Å²) < 4.78 is 0. The van der Waals surface area contributed by atoms with Gasteiger partial charge in [-0.25, -0.2) is 9.97 Å². The molecule has 1 aromatic rings. The Morgan fingerprint density at radius 1 is 1.31 bits per heavy atom. The largest absolute Gasteiger partial charge is 0.393 e. The van der Waals surface area contributed by atoms with Crippen LogP contribution in [0.5, 0.6) is 0 Å². The lowest BCUT2D eigenvalue weighted by Crippen LogP contribution is -2.25. The lowest BCUT2D eigenvalue weighted by atomic mass is 10.00. The average Bonchev–Trinajstić information content (AvgIpc) is 2.81. The monoisotopic (exact) mass is 239 g/mol. The van der Waals surface area contributed by atoms with Gasteiger partial charge in [-0.3, -0.25) is 0 Å². The molecular formula is C11H14ClN3O. The molecule has 3 unspecified atom stereocenters. The molecule has 5 heteroatoms. The van der Waals surface area contributed by atoms with Crippen molar-refractivity contribution in [3.63, 3.8) is 0 Å². The van der Waals surface area contributed by atoms with Crippen molar-refractivity contribution < 1.29 is 5.11 Å². The number of anilines is 1. The summed E-state index contributed by atoms with van der Waals surface area (Å²) in [5.74, 6) is 1.90. The maximum Gasteiger partial charge on any atom is 0.134 e. The van der Waals surface area contributed by atoms with E-state index in [4.69, 9.17) is 11.6 Å². The smallest absolute Gasteiger partial charge is 0.134 e. The maximum atomic E-state index is 9.83. The van der Waals surface area contributed by atoms with E-state index in [1.165, 1.54) is 6.33 Å². The van der Waals surface area contributed by atoms with Gasteiger partial charge in [-0.2, -0.15) is 0 Å². The Labute approximate surface area is 99.3 Å². The number of hydrogen-bond donors (Lipinski definition) is 1. The van der Waals surface area contributed by atoms with Crippen LogP contribution in [-0.4, -0.2) is 34.3 Å². The second kappa shape index (κ2) is 3.86. The molecule has 2 fully saturated rings. The standard InChI is InChI=1S/C11H14ClN3O/c12-10-3-11(14-6-13-10)15-4-7-1-2-9(16)8(7)5-15/h3,6-9,16H,1-2,4-5H2. The zero-order valence-electron chi connectivity index (χ0n) is 8.88. The molecule has 3 atom stereocenters. The van der Waals surface area contributed by atoms with Gasteiger partial charge in [0.2, 0.25) is 0 Å². The minimum atomic E-state index is -0.132. The first-order valence-corrected chi connectivity index (χ1v) is 6.02. The Balaban J connectivity index is 1.79. The molecule has 1 aliphatic heterocycles. The van der Waals surface area contributed by atoms with Crippen molar-refractivity contribution in [3.05, 3.63) is 17.5 Å². The molecule has 2 aliphatic rings. The van der Waals surface area contributed by atoms with E-state index in [2.05, 4.69) is 14.9 Å². The van der Waals surface area contributed by atoms with Crippen LogP contribution in [-0.2, 0) is 0 Å². The molecule has 0 amide bonds. The van der Waals surface area contributed by atoms with Crippen LogP contribution in [0, 0.1) is 11.8 Å². The second-order valence-electron chi connectivity index (χ2n) is 4.67. The van der Waals surface area contributed by atoms with Gasteiger partial charge in [-0.05, 0) is 18.8 Å². The average molecular weight is 240 g/mol. The molecule has 86 valence electrons. The van der Waals surface area contributed by atoms with E-state index in [-0.39, 0.29) is 6.10 Å². The van der Waals surface area contributed by atoms with Crippen molar-refractivity contribution in [2.45, 2.75) is 18.9 Å². The van der Waals surface area contributed by atoms with Crippen molar-refractivity contribution >= 4 is 17.4 Å². The van der Waals surface area contributed by atoms with Crippen LogP contribution in [0.4, 0.5) is 5.82 Å². The Morgan fingerprint density at radius 3 is 2.94 bits per heavy atom. The minimum absolute atomic E-state index is 0.132. The van der Waals surface area contributed by atoms with Crippen LogP contribution in [0.25, 0.3) is 0 Å². The Hall–Kier alpha value is -0.870. The van der Waals surface area contributed by atoms with E-state index in [0.717, 1.165) is 31.7 Å². The van der Waals surface area contributed by atoms with Crippen molar-refractivity contribution in [1.82, 2.24) is 9.97 Å². The van der Waals surface area contributed by atoms with E-state index in [9.17, 15) is 5.11 Å². The number of fused-ring (bicyclic) bond motifs is 1. The number of nitrogens with zero attached hydrogens (tertiary/aromatic N) is 3. The summed E-state index contributed by atoms with van der Waals surface area (Å²) in [4.78, 5) is 10.3. The normalized spacial score (nSPS) is 33.1. The first-order valence-electron chi connectivity index (χ1n) is 5.64. The fraction of sp³-hybridized carbons (Fsp3) is 0.636. The van der Waals surface area contributed by atoms with Crippen molar-refractivity contribution in [3.8, 4) is 0 Å². The fourth-order valence-corrected chi connectivity index (χ4v) is 3.06. The van der Waals surface area contributed by atoms with E-state index in [1.54, 1.807) is 6.07 Å². The zero-order valence-corrected chi connectivity index (χ0v) is 9.64. The summed E-state index contributed by atoms with van der Waals surface area (Å²) in [6.45, 7) is 1.87. The minimum Gasteiger partial charge on any atom is -0.393 e. The molecule has 1 N–H and O–H groups in total. The third kappa shape index (κ3) is 1.66. The lowest BCUT2D eigenvalue weighted by Gasteiger charge is -2.19. The molecule has 16 heavy (non-hydrogen) atoms. The van der Waals surface area contributed by atoms with Crippen molar-refractivity contribution in [1.29, 1.82) is 0 Å². The van der Waals surface area contributed by atoms with Gasteiger partial charge in [-0.1, -0.05) is 11.6 Å². The highest BCUT2D eigenvalue weighted by Gasteiger charge is 2.42. The van der Waals surface area contributed by atoms with Crippen LogP contribution in [0.15, 0.2) is 12.4 Å². The molecule has 0 spiro atoms. The van der Waals surface area contributed by atoms with E-state index >= 15 is 0 Å². The molecule has 3 rings (SSSR count). The van der Waals surface area contributed by atoms with Gasteiger partial charge in [0, 0.05) is 25.1 Å². The highest BCUT2D eigenvalue weighted by Crippen LogP contribution is 2.39. The second-order valence-corrected chi connectivity index (χ2v) is 5.06. The number of aliphatic hydroxyl groups excluding tert-OH is 1. The summed E-state index contributed by atoms with van der Waals surface area (Å²) in [5, 5.41) is 10.3. The van der Waals surface area contributed by atoms with Crippen LogP contribution in [0.1, 0.15) is 12.8 Å². The van der Waals surface area contributed by atoms with E-state index in [0.29, 0.717) is 17.0 Å². The summed E-state index contributed by atoms with van der Waals surface area (Å²) >= 11 is 5.85. The van der Waals surface area contributed by atoms with E-state index in [1.807, 2.05) is 0 Å². The van der Waals surface area contributed by atoms with Gasteiger partial charge in [0.25, 0.3) is 0 Å². The molecular weight excluding hydrogens is 226 g/mol. The van der Waals surface area contributed by atoms with Crippen LogP contribution >= 0.6 is 11.6 Å². The fourth-order valence-electron chi connectivity index (χ4n) is 2.92. The highest BCUT2D eigenvalue weighted by atomic mass is 35.5. The number of aromatic nitrogens is 2. The van der Waals surface area contributed by atoms with Gasteiger partial charge < -0.3 is 10.0 Å². The van der Waals surface area contributed by atoms with E-state index < -0.39 is 0 Å². The van der Waals surface area contributed by atoms with Crippen molar-refractivity contribution in [2.24, 2.45) is 11.8 Å². The van der Waals surface area contributed by atoms with Crippen LogP contribution in [0.3, 0.4) is 0 Å². The van der Waals surface area contributed by atoms with Crippen LogP contribution in [0.2, 0.25) is 5.15 Å². The molecule has 1 aromatic heterocycles. The number of halogens is 1. The summed E-state index contributed by atoms with van der Waals surface area (Å²) in [5.41, 5.74) is 0. The van der Waals surface area contributed by atoms with Crippen LogP contribution < -0.4 is 4.90 Å². The first-order chi connectivity index (χ1) is 7.74. The topological polar surface area (TPSA) is 49.2 Å². The van der Waals surface area contributed by atoms with Gasteiger partial charge in [0.15, 0.2) is 0 Å². The molecule has 0 aromatic carbocycles. The predicted octanol–water partition coefficient (Wildman–Crippen LogP) is 1.34. The third-order valence-electron chi connectivity index (χ3n) is 3.76. The molecule has 1 saturated carbocycles. The molecule has 0 radical (unpaired) electrons. The lowest BCUT2D eigenvalue weighted by molar-refractivity contribution is 0.133. The Bertz CT molecular complexity index is 401. The molecule has 1 saturated heterocycles. The molecule has 0 bridgehead atoms. The SMILES string of the molecule is OC1CCC2CN(c3cc(Cl)ncn3)CC12. The maximum absolute atomic E-state index is 9.83. The van der Waals surface area contributed by atoms with Crippen molar-refractivity contribution in [2.75, 3.05) is 18.0 Å². The highest BCUT2D eigenvalue weighted by molar-refractivity contribution is 6.29. The van der Waals surface area contributed by atoms with Gasteiger partial charge >= 0.3 is 0 Å².